The number of carbonyl (C=O) groups excluding carboxylic acids is 4. The maximum atomic E-state index is 13.6. The van der Waals surface area contributed by atoms with Crippen LogP contribution >= 0.6 is 11.8 Å². The number of carbonyl (C=O) groups is 4. The van der Waals surface area contributed by atoms with E-state index in [0.29, 0.717) is 28.3 Å². The van der Waals surface area contributed by atoms with Crippen LogP contribution in [0.2, 0.25) is 0 Å². The van der Waals surface area contributed by atoms with Crippen molar-refractivity contribution in [1.82, 2.24) is 5.32 Å². The van der Waals surface area contributed by atoms with Crippen LogP contribution in [0.5, 0.6) is 5.75 Å². The van der Waals surface area contributed by atoms with Crippen LogP contribution in [-0.4, -0.2) is 30.7 Å². The van der Waals surface area contributed by atoms with Gasteiger partial charge >= 0.3 is 0 Å². The molecule has 0 heterocycles. The molecule has 5 aromatic rings. The fraction of sp³-hybridized carbons (Fsp3) is 0.0526. The van der Waals surface area contributed by atoms with Gasteiger partial charge in [-0.15, -0.1) is 11.8 Å². The number of nitrogens with two attached hydrogens (primary N) is 1. The first-order valence-electron chi connectivity index (χ1n) is 14.9. The Balaban J connectivity index is 1.35. The molecule has 0 bridgehead atoms. The van der Waals surface area contributed by atoms with Gasteiger partial charge in [0.25, 0.3) is 17.7 Å². The molecule has 4 amide bonds. The number of amides is 4. The Morgan fingerprint density at radius 2 is 1.35 bits per heavy atom. The molecule has 48 heavy (non-hydrogen) atoms. The molecule has 0 aromatic heterocycles. The highest BCUT2D eigenvalue weighted by atomic mass is 32.2. The lowest BCUT2D eigenvalue weighted by Gasteiger charge is -2.18. The third-order valence-corrected chi connectivity index (χ3v) is 8.39. The molecule has 0 aliphatic heterocycles. The number of nitrogens with one attached hydrogen (secondary N) is 3. The van der Waals surface area contributed by atoms with Crippen molar-refractivity contribution in [3.05, 3.63) is 161 Å². The topological polar surface area (TPSA) is 140 Å². The number of anilines is 2. The second-order valence-electron chi connectivity index (χ2n) is 10.4. The molecular formula is C38H32N4O5S. The van der Waals surface area contributed by atoms with Crippen LogP contribution in [0.4, 0.5) is 11.4 Å². The first kappa shape index (κ1) is 33.2. The van der Waals surface area contributed by atoms with Crippen LogP contribution in [-0.2, 0) is 9.59 Å². The van der Waals surface area contributed by atoms with Gasteiger partial charge in [-0.2, -0.15) is 0 Å². The Labute approximate surface area is 282 Å². The molecular weight excluding hydrogens is 625 g/mol. The van der Waals surface area contributed by atoms with E-state index in [9.17, 15) is 19.2 Å². The van der Waals surface area contributed by atoms with E-state index >= 15 is 0 Å². The summed E-state index contributed by atoms with van der Waals surface area (Å²) in [6, 6.07) is 38.6. The summed E-state index contributed by atoms with van der Waals surface area (Å²) in [4.78, 5) is 52.8. The quantitative estimate of drug-likeness (QED) is 0.0873. The van der Waals surface area contributed by atoms with E-state index in [1.807, 2.05) is 36.4 Å². The zero-order chi connectivity index (χ0) is 33.9. The normalized spacial score (nSPS) is 11.6. The number of hydrogen-bond acceptors (Lipinski definition) is 6. The van der Waals surface area contributed by atoms with E-state index in [1.165, 1.54) is 18.9 Å². The molecule has 5 N–H and O–H groups in total. The van der Waals surface area contributed by atoms with Crippen LogP contribution in [0.3, 0.4) is 0 Å². The molecule has 0 spiro atoms. The van der Waals surface area contributed by atoms with E-state index in [-0.39, 0.29) is 17.2 Å². The van der Waals surface area contributed by atoms with Gasteiger partial charge in [-0.3, -0.25) is 19.2 Å². The minimum absolute atomic E-state index is 0.0175. The zero-order valence-electron chi connectivity index (χ0n) is 25.9. The number of primary amides is 1. The number of thioether (sulfide) groups is 1. The van der Waals surface area contributed by atoms with Gasteiger partial charge in [-0.05, 0) is 66.2 Å². The van der Waals surface area contributed by atoms with E-state index < -0.39 is 23.0 Å². The molecule has 0 saturated carbocycles. The van der Waals surface area contributed by atoms with Crippen LogP contribution in [0, 0.1) is 0 Å². The standard InChI is InChI=1S/C38H32N4O5S/c1-47-33-19-11-8-16-27(33)24-32(42-36(44)26-14-6-3-7-15-26)37(45)40-28-20-22-29(23-21-28)48-34(25-12-4-2-5-13-25)38(46)41-31-18-10-9-17-30(31)35(39)43/h2-24,34H,1H3,(H2,39,43)(H,40,45)(H,41,46)(H,42,44)/b32-24-. The average Bonchev–Trinajstić information content (AvgIpc) is 3.12. The molecule has 1 atom stereocenters. The molecule has 240 valence electrons. The molecule has 0 fully saturated rings. The van der Waals surface area contributed by atoms with Gasteiger partial charge in [-0.1, -0.05) is 78.9 Å². The third-order valence-electron chi connectivity index (χ3n) is 7.12. The van der Waals surface area contributed by atoms with Crippen molar-refractivity contribution in [1.29, 1.82) is 0 Å². The van der Waals surface area contributed by atoms with Gasteiger partial charge in [0.05, 0.1) is 18.4 Å². The lowest BCUT2D eigenvalue weighted by molar-refractivity contribution is -0.116. The summed E-state index contributed by atoms with van der Waals surface area (Å²) in [5.74, 6) is -1.43. The van der Waals surface area contributed by atoms with Gasteiger partial charge in [0.15, 0.2) is 0 Å². The summed E-state index contributed by atoms with van der Waals surface area (Å²) in [6.07, 6.45) is 1.55. The lowest BCUT2D eigenvalue weighted by Crippen LogP contribution is -2.30. The molecule has 10 heteroatoms. The summed E-state index contributed by atoms with van der Waals surface area (Å²) in [5, 5.41) is 7.75. The molecule has 0 radical (unpaired) electrons. The monoisotopic (exact) mass is 656 g/mol. The maximum Gasteiger partial charge on any atom is 0.272 e. The van der Waals surface area contributed by atoms with E-state index in [2.05, 4.69) is 16.0 Å². The van der Waals surface area contributed by atoms with Gasteiger partial charge < -0.3 is 26.4 Å². The molecule has 5 rings (SSSR count). The number of benzene rings is 5. The van der Waals surface area contributed by atoms with Crippen LogP contribution < -0.4 is 26.4 Å². The van der Waals surface area contributed by atoms with Crippen LogP contribution in [0.25, 0.3) is 6.08 Å². The Morgan fingerprint density at radius 3 is 2.04 bits per heavy atom. The van der Waals surface area contributed by atoms with E-state index in [4.69, 9.17) is 10.5 Å². The summed E-state index contributed by atoms with van der Waals surface area (Å²) in [7, 11) is 1.53. The highest BCUT2D eigenvalue weighted by Crippen LogP contribution is 2.37. The number of hydrogen-bond donors (Lipinski definition) is 4. The Bertz CT molecular complexity index is 1950. The summed E-state index contributed by atoms with van der Waals surface area (Å²) < 4.78 is 5.44. The van der Waals surface area contributed by atoms with Gasteiger partial charge in [-0.25, -0.2) is 0 Å². The molecule has 5 aromatic carbocycles. The number of para-hydroxylation sites is 2. The first-order chi connectivity index (χ1) is 23.3. The Morgan fingerprint density at radius 1 is 0.729 bits per heavy atom. The zero-order valence-corrected chi connectivity index (χ0v) is 26.7. The fourth-order valence-electron chi connectivity index (χ4n) is 4.74. The highest BCUT2D eigenvalue weighted by molar-refractivity contribution is 8.00. The van der Waals surface area contributed by atoms with Crippen molar-refractivity contribution in [3.63, 3.8) is 0 Å². The predicted molar refractivity (Wildman–Crippen MR) is 189 cm³/mol. The molecule has 1 unspecified atom stereocenters. The van der Waals surface area contributed by atoms with Crippen LogP contribution in [0.1, 0.15) is 37.1 Å². The second-order valence-corrected chi connectivity index (χ2v) is 11.6. The minimum atomic E-state index is -0.670. The van der Waals surface area contributed by atoms with Gasteiger partial charge in [0, 0.05) is 21.7 Å². The molecule has 9 nitrogen and oxygen atoms in total. The largest absolute Gasteiger partial charge is 0.496 e. The fourth-order valence-corrected chi connectivity index (χ4v) is 5.77. The van der Waals surface area contributed by atoms with Crippen LogP contribution in [0.15, 0.2) is 144 Å². The van der Waals surface area contributed by atoms with Crippen molar-refractivity contribution in [2.24, 2.45) is 5.73 Å². The van der Waals surface area contributed by atoms with E-state index in [0.717, 1.165) is 10.5 Å². The lowest BCUT2D eigenvalue weighted by atomic mass is 10.1. The molecule has 0 aliphatic rings. The van der Waals surface area contributed by atoms with Crippen molar-refractivity contribution in [2.45, 2.75) is 10.1 Å². The number of rotatable bonds is 12. The SMILES string of the molecule is COc1ccccc1/C=C(\NC(=O)c1ccccc1)C(=O)Nc1ccc(SC(C(=O)Nc2ccccc2C(N)=O)c2ccccc2)cc1. The molecule has 0 saturated heterocycles. The van der Waals surface area contributed by atoms with E-state index in [1.54, 1.807) is 103 Å². The summed E-state index contributed by atoms with van der Waals surface area (Å²) >= 11 is 1.31. The number of ether oxygens (including phenoxy) is 1. The van der Waals surface area contributed by atoms with Crippen molar-refractivity contribution >= 4 is 52.8 Å². The Hall–Kier alpha value is -6.13. The van der Waals surface area contributed by atoms with Crippen molar-refractivity contribution < 1.29 is 23.9 Å². The third kappa shape index (κ3) is 8.56. The van der Waals surface area contributed by atoms with Crippen molar-refractivity contribution in [2.75, 3.05) is 17.7 Å². The smallest absolute Gasteiger partial charge is 0.272 e. The maximum absolute atomic E-state index is 13.6. The summed E-state index contributed by atoms with van der Waals surface area (Å²) in [5.41, 5.74) is 8.30. The van der Waals surface area contributed by atoms with Gasteiger partial charge in [0.1, 0.15) is 16.7 Å². The minimum Gasteiger partial charge on any atom is -0.496 e. The average molecular weight is 657 g/mol. The summed E-state index contributed by atoms with van der Waals surface area (Å²) in [6.45, 7) is 0. The van der Waals surface area contributed by atoms with Crippen molar-refractivity contribution in [3.8, 4) is 5.75 Å². The predicted octanol–water partition coefficient (Wildman–Crippen LogP) is 6.68. The Kier molecular flexibility index (Phi) is 11.0. The first-order valence-corrected chi connectivity index (χ1v) is 15.7. The molecule has 0 aliphatic carbocycles. The highest BCUT2D eigenvalue weighted by Gasteiger charge is 2.24. The van der Waals surface area contributed by atoms with Gasteiger partial charge in [0.2, 0.25) is 5.91 Å². The number of methoxy groups -OCH3 is 1. The second kappa shape index (κ2) is 15.9.